The minimum atomic E-state index is -4.26. The fourth-order valence-electron chi connectivity index (χ4n) is 5.93. The molecule has 0 spiro atoms. The minimum Gasteiger partial charge on any atom is -0.504 e. The Morgan fingerprint density at radius 2 is 1.65 bits per heavy atom. The maximum absolute atomic E-state index is 12.4. The van der Waals surface area contributed by atoms with Crippen molar-refractivity contribution in [1.29, 1.82) is 0 Å². The Hall–Kier alpha value is -1.51. The molecule has 4 saturated carbocycles. The molecule has 1 aromatic carbocycles. The van der Waals surface area contributed by atoms with Crippen molar-refractivity contribution in [3.8, 4) is 5.75 Å². The van der Waals surface area contributed by atoms with Crippen molar-refractivity contribution >= 4 is 33.3 Å². The predicted molar refractivity (Wildman–Crippen MR) is 97.5 cm³/mol. The second-order valence-corrected chi connectivity index (χ2v) is 10.0. The fraction of sp³-hybridized carbons (Fsp3) is 0.588. The Bertz CT molecular complexity index is 851. The van der Waals surface area contributed by atoms with E-state index in [1.54, 1.807) is 0 Å². The molecule has 4 aliphatic carbocycles. The number of rotatable bonds is 3. The Labute approximate surface area is 157 Å². The molecular formula is C17H22ClN3O4S. The number of nitrogens with zero attached hydrogens (tertiary/aromatic N) is 1. The van der Waals surface area contributed by atoms with E-state index >= 15 is 0 Å². The standard InChI is InChI=1S/C17H22ClN3O4S/c18-12-1-2-13(14(22)15(12)26(20,24)25)21(16(19)23)17-6-9-3-10(7-17)5-11(4-9)8-17/h1-2,9-11,22H,3-8H2,(H2,19,23)(H2,20,24,25). The quantitative estimate of drug-likeness (QED) is 0.721. The number of aromatic hydroxyl groups is 1. The lowest BCUT2D eigenvalue weighted by Crippen LogP contribution is -2.63. The first-order valence-corrected chi connectivity index (χ1v) is 10.7. The summed E-state index contributed by atoms with van der Waals surface area (Å²) in [5.74, 6) is 0.996. The number of carbonyl (C=O) groups is 1. The normalized spacial score (nSPS) is 32.6. The molecule has 1 aromatic rings. The van der Waals surface area contributed by atoms with Gasteiger partial charge in [-0.1, -0.05) is 11.6 Å². The summed E-state index contributed by atoms with van der Waals surface area (Å²) in [5.41, 5.74) is 5.30. The molecule has 0 atom stereocenters. The van der Waals surface area contributed by atoms with Crippen LogP contribution < -0.4 is 15.8 Å². The van der Waals surface area contributed by atoms with Gasteiger partial charge in [-0.05, 0) is 68.4 Å². The number of halogens is 1. The number of nitrogens with two attached hydrogens (primary N) is 2. The van der Waals surface area contributed by atoms with Crippen LogP contribution in [0.2, 0.25) is 5.02 Å². The van der Waals surface area contributed by atoms with Gasteiger partial charge in [0.1, 0.15) is 4.90 Å². The third-order valence-corrected chi connectivity index (χ3v) is 7.70. The van der Waals surface area contributed by atoms with Crippen LogP contribution in [0.15, 0.2) is 17.0 Å². The topological polar surface area (TPSA) is 127 Å². The first-order valence-electron chi connectivity index (χ1n) is 8.74. The zero-order chi connectivity index (χ0) is 18.9. The van der Waals surface area contributed by atoms with Crippen molar-refractivity contribution in [3.63, 3.8) is 0 Å². The van der Waals surface area contributed by atoms with Gasteiger partial charge in [0.2, 0.25) is 10.0 Å². The Morgan fingerprint density at radius 1 is 1.15 bits per heavy atom. The smallest absolute Gasteiger partial charge is 0.319 e. The number of urea groups is 1. The third-order valence-electron chi connectivity index (χ3n) is 6.29. The number of sulfonamides is 1. The van der Waals surface area contributed by atoms with Crippen LogP contribution in [-0.2, 0) is 10.0 Å². The summed E-state index contributed by atoms with van der Waals surface area (Å²) < 4.78 is 23.7. The van der Waals surface area contributed by atoms with Crippen molar-refractivity contribution < 1.29 is 18.3 Å². The third kappa shape index (κ3) is 2.66. The highest BCUT2D eigenvalue weighted by atomic mass is 35.5. The summed E-state index contributed by atoms with van der Waals surface area (Å²) in [5, 5.41) is 15.6. The van der Waals surface area contributed by atoms with Crippen LogP contribution >= 0.6 is 11.6 Å². The molecule has 0 unspecified atom stereocenters. The molecule has 26 heavy (non-hydrogen) atoms. The molecule has 7 nitrogen and oxygen atoms in total. The second-order valence-electron chi connectivity index (χ2n) is 8.10. The molecule has 0 radical (unpaired) electrons. The fourth-order valence-corrected chi connectivity index (χ4v) is 7.12. The van der Waals surface area contributed by atoms with Gasteiger partial charge in [0.25, 0.3) is 0 Å². The maximum atomic E-state index is 12.4. The molecule has 5 N–H and O–H groups in total. The van der Waals surface area contributed by atoms with Crippen LogP contribution in [0.1, 0.15) is 38.5 Å². The van der Waals surface area contributed by atoms with Gasteiger partial charge in [-0.25, -0.2) is 18.4 Å². The van der Waals surface area contributed by atoms with Crippen LogP contribution in [-0.4, -0.2) is 25.1 Å². The van der Waals surface area contributed by atoms with E-state index in [0.29, 0.717) is 17.8 Å². The van der Waals surface area contributed by atoms with Gasteiger partial charge in [-0.2, -0.15) is 0 Å². The van der Waals surface area contributed by atoms with E-state index in [9.17, 15) is 18.3 Å². The highest BCUT2D eigenvalue weighted by Gasteiger charge is 2.55. The summed E-state index contributed by atoms with van der Waals surface area (Å²) in [6, 6.07) is 2.06. The molecule has 0 aromatic heterocycles. The SMILES string of the molecule is NC(=O)N(c1ccc(Cl)c(S(N)(=O)=O)c1O)C12CC3CC(CC(C3)C1)C2. The Kier molecular flexibility index (Phi) is 3.95. The van der Waals surface area contributed by atoms with Gasteiger partial charge in [0.05, 0.1) is 16.2 Å². The molecule has 5 rings (SSSR count). The van der Waals surface area contributed by atoms with Gasteiger partial charge in [0.15, 0.2) is 5.75 Å². The molecule has 142 valence electrons. The maximum Gasteiger partial charge on any atom is 0.319 e. The van der Waals surface area contributed by atoms with E-state index in [1.807, 2.05) is 0 Å². The largest absolute Gasteiger partial charge is 0.504 e. The average molecular weight is 400 g/mol. The monoisotopic (exact) mass is 399 g/mol. The number of benzene rings is 1. The molecule has 4 aliphatic rings. The summed E-state index contributed by atoms with van der Waals surface area (Å²) in [4.78, 5) is 13.3. The van der Waals surface area contributed by atoms with Gasteiger partial charge in [0, 0.05) is 0 Å². The number of phenols is 1. The minimum absolute atomic E-state index is 0.0628. The highest BCUT2D eigenvalue weighted by molar-refractivity contribution is 7.89. The summed E-state index contributed by atoms with van der Waals surface area (Å²) in [7, 11) is -4.26. The molecule has 2 amide bonds. The van der Waals surface area contributed by atoms with Crippen LogP contribution in [0, 0.1) is 17.8 Å². The lowest BCUT2D eigenvalue weighted by atomic mass is 9.52. The number of primary amides is 1. The molecule has 0 aliphatic heterocycles. The Balaban J connectivity index is 1.86. The zero-order valence-corrected chi connectivity index (χ0v) is 15.8. The van der Waals surface area contributed by atoms with E-state index in [1.165, 1.54) is 36.3 Å². The Morgan fingerprint density at radius 3 is 2.08 bits per heavy atom. The van der Waals surface area contributed by atoms with Gasteiger partial charge in [-0.15, -0.1) is 0 Å². The molecule has 9 heteroatoms. The van der Waals surface area contributed by atoms with Crippen molar-refractivity contribution in [2.45, 2.75) is 49.0 Å². The molecule has 0 heterocycles. The van der Waals surface area contributed by atoms with Crippen LogP contribution in [0.5, 0.6) is 5.75 Å². The van der Waals surface area contributed by atoms with Gasteiger partial charge < -0.3 is 10.8 Å². The van der Waals surface area contributed by atoms with Crippen molar-refractivity contribution in [2.24, 2.45) is 28.6 Å². The molecule has 4 bridgehead atoms. The van der Waals surface area contributed by atoms with Crippen LogP contribution in [0.4, 0.5) is 10.5 Å². The van der Waals surface area contributed by atoms with E-state index in [0.717, 1.165) is 19.3 Å². The van der Waals surface area contributed by atoms with Gasteiger partial charge in [-0.3, -0.25) is 4.90 Å². The lowest BCUT2D eigenvalue weighted by molar-refractivity contribution is -0.000375. The number of anilines is 1. The number of hydrogen-bond donors (Lipinski definition) is 3. The highest BCUT2D eigenvalue weighted by Crippen LogP contribution is 2.59. The van der Waals surface area contributed by atoms with Gasteiger partial charge >= 0.3 is 6.03 Å². The molecular weight excluding hydrogens is 378 g/mol. The lowest BCUT2D eigenvalue weighted by Gasteiger charge is -2.60. The first-order chi connectivity index (χ1) is 12.1. The summed E-state index contributed by atoms with van der Waals surface area (Å²) >= 11 is 5.94. The van der Waals surface area contributed by atoms with Crippen molar-refractivity contribution in [2.75, 3.05) is 4.90 Å². The van der Waals surface area contributed by atoms with E-state index in [2.05, 4.69) is 0 Å². The number of carbonyl (C=O) groups excluding carboxylic acids is 1. The summed E-state index contributed by atoms with van der Waals surface area (Å²) in [6.45, 7) is 0. The van der Waals surface area contributed by atoms with Crippen LogP contribution in [0.25, 0.3) is 0 Å². The number of primary sulfonamides is 1. The zero-order valence-electron chi connectivity index (χ0n) is 14.2. The molecule has 0 saturated heterocycles. The van der Waals surface area contributed by atoms with E-state index in [4.69, 9.17) is 22.5 Å². The van der Waals surface area contributed by atoms with E-state index < -0.39 is 32.2 Å². The average Bonchev–Trinajstić information content (AvgIpc) is 2.46. The van der Waals surface area contributed by atoms with Crippen LogP contribution in [0.3, 0.4) is 0 Å². The van der Waals surface area contributed by atoms with Crippen molar-refractivity contribution in [1.82, 2.24) is 0 Å². The first kappa shape index (κ1) is 17.9. The predicted octanol–water partition coefficient (Wildman–Crippen LogP) is 2.55. The summed E-state index contributed by atoms with van der Waals surface area (Å²) in [6.07, 6.45) is 5.95. The number of hydrogen-bond acceptors (Lipinski definition) is 4. The number of amides is 2. The second kappa shape index (κ2) is 5.74. The number of phenolic OH excluding ortho intramolecular Hbond substituents is 1. The molecule has 4 fully saturated rings. The van der Waals surface area contributed by atoms with E-state index in [-0.39, 0.29) is 10.7 Å². The van der Waals surface area contributed by atoms with Crippen molar-refractivity contribution in [3.05, 3.63) is 17.2 Å².